The van der Waals surface area contributed by atoms with Gasteiger partial charge in [-0.25, -0.2) is 0 Å². The summed E-state index contributed by atoms with van der Waals surface area (Å²) >= 11 is 0. The number of pyridine rings is 1. The highest BCUT2D eigenvalue weighted by Gasteiger charge is 2.08. The molecule has 0 bridgehead atoms. The van der Waals surface area contributed by atoms with Gasteiger partial charge in [0.1, 0.15) is 5.75 Å². The third kappa shape index (κ3) is 2.04. The maximum atomic E-state index is 5.67. The van der Waals surface area contributed by atoms with E-state index in [2.05, 4.69) is 10.2 Å². The summed E-state index contributed by atoms with van der Waals surface area (Å²) in [7, 11) is 1.65. The Morgan fingerprint density at radius 3 is 2.58 bits per heavy atom. The Morgan fingerprint density at radius 2 is 1.89 bits per heavy atom. The molecule has 3 rings (SSSR count). The van der Waals surface area contributed by atoms with E-state index in [0.717, 1.165) is 28.3 Å². The number of rotatable bonds is 3. The molecule has 2 aromatic heterocycles. The van der Waals surface area contributed by atoms with Crippen LogP contribution in [0.1, 0.15) is 5.56 Å². The molecule has 0 aliphatic rings. The summed E-state index contributed by atoms with van der Waals surface area (Å²) < 4.78 is 7.10. The minimum absolute atomic E-state index is 0.496. The van der Waals surface area contributed by atoms with Crippen LogP contribution in [0.15, 0.2) is 42.6 Å². The molecular formula is C14H14N4O. The average Bonchev–Trinajstić information content (AvgIpc) is 2.90. The quantitative estimate of drug-likeness (QED) is 0.774. The summed E-state index contributed by atoms with van der Waals surface area (Å²) in [6.45, 7) is 0.496. The summed E-state index contributed by atoms with van der Waals surface area (Å²) in [5.41, 5.74) is 8.51. The molecule has 0 aliphatic carbocycles. The van der Waals surface area contributed by atoms with Gasteiger partial charge in [-0.3, -0.25) is 4.40 Å². The molecule has 0 atom stereocenters. The van der Waals surface area contributed by atoms with E-state index in [4.69, 9.17) is 10.5 Å². The van der Waals surface area contributed by atoms with Gasteiger partial charge in [-0.15, -0.1) is 10.2 Å². The van der Waals surface area contributed by atoms with E-state index >= 15 is 0 Å². The molecule has 0 spiro atoms. The Kier molecular flexibility index (Phi) is 2.89. The Bertz CT molecular complexity index is 703. The van der Waals surface area contributed by atoms with E-state index in [-0.39, 0.29) is 0 Å². The van der Waals surface area contributed by atoms with Crippen molar-refractivity contribution in [3.63, 3.8) is 0 Å². The van der Waals surface area contributed by atoms with Crippen molar-refractivity contribution in [1.29, 1.82) is 0 Å². The van der Waals surface area contributed by atoms with Crippen molar-refractivity contribution in [1.82, 2.24) is 14.6 Å². The molecule has 0 unspecified atom stereocenters. The summed E-state index contributed by atoms with van der Waals surface area (Å²) in [5, 5.41) is 8.38. The molecule has 96 valence electrons. The van der Waals surface area contributed by atoms with Gasteiger partial charge in [0.15, 0.2) is 11.5 Å². The number of nitrogens with two attached hydrogens (primary N) is 1. The summed E-state index contributed by atoms with van der Waals surface area (Å²) in [6.07, 6.45) is 1.97. The first kappa shape index (κ1) is 11.7. The van der Waals surface area contributed by atoms with Crippen molar-refractivity contribution in [3.8, 4) is 17.1 Å². The second kappa shape index (κ2) is 4.70. The molecule has 0 amide bonds. The van der Waals surface area contributed by atoms with Crippen LogP contribution in [0.4, 0.5) is 0 Å². The van der Waals surface area contributed by atoms with E-state index in [1.54, 1.807) is 7.11 Å². The van der Waals surface area contributed by atoms with Crippen molar-refractivity contribution in [3.05, 3.63) is 48.2 Å². The fourth-order valence-corrected chi connectivity index (χ4v) is 1.99. The molecule has 2 heterocycles. The second-order valence-corrected chi connectivity index (χ2v) is 4.22. The highest BCUT2D eigenvalue weighted by atomic mass is 16.5. The zero-order valence-corrected chi connectivity index (χ0v) is 10.6. The van der Waals surface area contributed by atoms with Gasteiger partial charge in [-0.05, 0) is 35.9 Å². The zero-order chi connectivity index (χ0) is 13.2. The van der Waals surface area contributed by atoms with Gasteiger partial charge >= 0.3 is 0 Å². The molecule has 1 aromatic carbocycles. The van der Waals surface area contributed by atoms with E-state index in [1.807, 2.05) is 47.0 Å². The lowest BCUT2D eigenvalue weighted by molar-refractivity contribution is 0.415. The number of aromatic nitrogens is 3. The van der Waals surface area contributed by atoms with E-state index in [0.29, 0.717) is 6.54 Å². The van der Waals surface area contributed by atoms with Crippen molar-refractivity contribution in [2.75, 3.05) is 7.11 Å². The predicted octanol–water partition coefficient (Wildman–Crippen LogP) is 1.86. The molecule has 0 aliphatic heterocycles. The molecular weight excluding hydrogens is 240 g/mol. The molecule has 0 saturated carbocycles. The topological polar surface area (TPSA) is 65.4 Å². The lowest BCUT2D eigenvalue weighted by Gasteiger charge is -2.03. The van der Waals surface area contributed by atoms with Crippen molar-refractivity contribution >= 4 is 5.65 Å². The lowest BCUT2D eigenvalue weighted by atomic mass is 10.2. The maximum Gasteiger partial charge on any atom is 0.168 e. The third-order valence-corrected chi connectivity index (χ3v) is 3.05. The van der Waals surface area contributed by atoms with Crippen LogP contribution in [0.3, 0.4) is 0 Å². The van der Waals surface area contributed by atoms with Gasteiger partial charge in [-0.2, -0.15) is 0 Å². The van der Waals surface area contributed by atoms with Gasteiger partial charge < -0.3 is 10.5 Å². The number of methoxy groups -OCH3 is 1. The van der Waals surface area contributed by atoms with E-state index in [1.165, 1.54) is 0 Å². The van der Waals surface area contributed by atoms with Crippen LogP contribution in [0, 0.1) is 0 Å². The fourth-order valence-electron chi connectivity index (χ4n) is 1.99. The summed E-state index contributed by atoms with van der Waals surface area (Å²) in [4.78, 5) is 0. The number of fused-ring (bicyclic) bond motifs is 1. The van der Waals surface area contributed by atoms with Crippen LogP contribution in [0.2, 0.25) is 0 Å². The number of hydrogen-bond donors (Lipinski definition) is 1. The van der Waals surface area contributed by atoms with E-state index in [9.17, 15) is 0 Å². The zero-order valence-electron chi connectivity index (χ0n) is 10.6. The normalized spacial score (nSPS) is 10.8. The minimum Gasteiger partial charge on any atom is -0.497 e. The maximum absolute atomic E-state index is 5.67. The van der Waals surface area contributed by atoms with Crippen LogP contribution >= 0.6 is 0 Å². The highest BCUT2D eigenvalue weighted by molar-refractivity contribution is 5.60. The molecule has 19 heavy (non-hydrogen) atoms. The molecule has 2 N–H and O–H groups in total. The Balaban J connectivity index is 2.12. The van der Waals surface area contributed by atoms with Crippen LogP contribution in [-0.2, 0) is 6.54 Å². The van der Waals surface area contributed by atoms with Gasteiger partial charge in [0, 0.05) is 18.3 Å². The first-order valence-corrected chi connectivity index (χ1v) is 6.00. The Hall–Kier alpha value is -2.40. The Labute approximate surface area is 110 Å². The SMILES string of the molecule is COc1ccc(-c2nnc3ccc(CN)cn23)cc1. The standard InChI is InChI=1S/C14H14N4O/c1-19-12-5-3-11(4-6-12)14-17-16-13-7-2-10(8-15)9-18(13)14/h2-7,9H,8,15H2,1H3. The number of hydrogen-bond acceptors (Lipinski definition) is 4. The summed E-state index contributed by atoms with van der Waals surface area (Å²) in [5.74, 6) is 1.62. The average molecular weight is 254 g/mol. The minimum atomic E-state index is 0.496. The van der Waals surface area contributed by atoms with Gasteiger partial charge in [0.05, 0.1) is 7.11 Å². The third-order valence-electron chi connectivity index (χ3n) is 3.05. The predicted molar refractivity (Wildman–Crippen MR) is 72.9 cm³/mol. The highest BCUT2D eigenvalue weighted by Crippen LogP contribution is 2.21. The Morgan fingerprint density at radius 1 is 1.11 bits per heavy atom. The molecule has 0 fully saturated rings. The van der Waals surface area contributed by atoms with Crippen molar-refractivity contribution < 1.29 is 4.74 Å². The number of benzene rings is 1. The molecule has 5 heteroatoms. The monoisotopic (exact) mass is 254 g/mol. The van der Waals surface area contributed by atoms with Crippen LogP contribution < -0.4 is 10.5 Å². The van der Waals surface area contributed by atoms with Crippen LogP contribution in [0.25, 0.3) is 17.0 Å². The second-order valence-electron chi connectivity index (χ2n) is 4.22. The van der Waals surface area contributed by atoms with Crippen LogP contribution in [-0.4, -0.2) is 21.7 Å². The first-order chi connectivity index (χ1) is 9.31. The van der Waals surface area contributed by atoms with Crippen molar-refractivity contribution in [2.45, 2.75) is 6.54 Å². The lowest BCUT2D eigenvalue weighted by Crippen LogP contribution is -1.99. The number of nitrogens with zero attached hydrogens (tertiary/aromatic N) is 3. The summed E-state index contributed by atoms with van der Waals surface area (Å²) in [6, 6.07) is 11.6. The molecule has 3 aromatic rings. The molecule has 0 radical (unpaired) electrons. The van der Waals surface area contributed by atoms with Crippen LogP contribution in [0.5, 0.6) is 5.75 Å². The molecule has 0 saturated heterocycles. The van der Waals surface area contributed by atoms with E-state index < -0.39 is 0 Å². The smallest absolute Gasteiger partial charge is 0.168 e. The van der Waals surface area contributed by atoms with Gasteiger partial charge in [0.25, 0.3) is 0 Å². The van der Waals surface area contributed by atoms with Gasteiger partial charge in [0.2, 0.25) is 0 Å². The molecule has 5 nitrogen and oxygen atoms in total. The fraction of sp³-hybridized carbons (Fsp3) is 0.143. The van der Waals surface area contributed by atoms with Gasteiger partial charge in [-0.1, -0.05) is 6.07 Å². The first-order valence-electron chi connectivity index (χ1n) is 6.00. The largest absolute Gasteiger partial charge is 0.497 e. The number of ether oxygens (including phenoxy) is 1. The van der Waals surface area contributed by atoms with Crippen molar-refractivity contribution in [2.24, 2.45) is 5.73 Å².